The highest BCUT2D eigenvalue weighted by Crippen LogP contribution is 2.41. The van der Waals surface area contributed by atoms with Crippen LogP contribution in [-0.2, 0) is 18.5 Å². The van der Waals surface area contributed by atoms with E-state index in [1.165, 1.54) is 79.5 Å². The highest BCUT2D eigenvalue weighted by molar-refractivity contribution is 6.29. The first kappa shape index (κ1) is 82.7. The fraction of sp³-hybridized carbons (Fsp3) is 0.219. The van der Waals surface area contributed by atoms with Crippen molar-refractivity contribution in [2.45, 2.75) is 46.7 Å². The number of pyridine rings is 3. The maximum atomic E-state index is 13.7. The van der Waals surface area contributed by atoms with Crippen LogP contribution in [0.15, 0.2) is 164 Å². The average molecular weight is 1470 g/mol. The Labute approximate surface area is 599 Å². The van der Waals surface area contributed by atoms with Gasteiger partial charge in [-0.05, 0) is 135 Å². The number of aromatic nitrogens is 3. The molecule has 6 aromatic carbocycles. The lowest BCUT2D eigenvalue weighted by molar-refractivity contribution is -0.138. The molecule has 550 valence electrons. The van der Waals surface area contributed by atoms with Crippen molar-refractivity contribution in [3.05, 3.63) is 236 Å². The number of para-hydroxylation sites is 3. The van der Waals surface area contributed by atoms with Crippen LogP contribution in [0.5, 0.6) is 0 Å². The van der Waals surface area contributed by atoms with Crippen molar-refractivity contribution in [3.8, 4) is 0 Å². The summed E-state index contributed by atoms with van der Waals surface area (Å²) >= 11 is 5.67. The number of nitrogens with zero attached hydrogens (tertiary/aromatic N) is 6. The van der Waals surface area contributed by atoms with E-state index in [4.69, 9.17) is 17.3 Å². The SMILES string of the molecule is C.CNC(=O)c1ccccc1Nc1cc(Cl)ncc1C(F)(F)F.CNC(=O)c1ccccc1Nc1cc(Nc2ccc(C(=O)N(C)C)cc2C)ncc1C(F)(F)F.CNC(=O)c1ccccc1Nc1cc(Nc2ccc(C(=O)N(C)C)cc2C)ncc1C(F)(F)F.Cc1cc(C(=O)N(C)C)ccc1N. The molecule has 0 saturated carbocycles. The number of hydrogen-bond acceptors (Lipinski definition) is 15. The smallest absolute Gasteiger partial charge is 0.399 e. The maximum Gasteiger partial charge on any atom is 0.419 e. The second kappa shape index (κ2) is 36.1. The van der Waals surface area contributed by atoms with E-state index in [-0.39, 0.29) is 92.8 Å². The normalized spacial score (nSPS) is 10.8. The summed E-state index contributed by atoms with van der Waals surface area (Å²) in [4.78, 5) is 87.6. The summed E-state index contributed by atoms with van der Waals surface area (Å²) in [5.41, 5.74) is 9.08. The number of nitrogens with two attached hydrogens (primary N) is 1. The van der Waals surface area contributed by atoms with Crippen molar-refractivity contribution in [3.63, 3.8) is 0 Å². The lowest BCUT2D eigenvalue weighted by atomic mass is 10.1. The Balaban J connectivity index is 0.000000261. The molecule has 9 rings (SSSR count). The topological polar surface area (TPSA) is 273 Å². The molecule has 6 amide bonds. The summed E-state index contributed by atoms with van der Waals surface area (Å²) in [5.74, 6) is -1.31. The third-order valence-corrected chi connectivity index (χ3v) is 15.0. The van der Waals surface area contributed by atoms with Crippen LogP contribution in [-0.4, -0.2) is 129 Å². The van der Waals surface area contributed by atoms with Gasteiger partial charge in [-0.3, -0.25) is 28.8 Å². The number of rotatable bonds is 16. The Kier molecular flexibility index (Phi) is 28.7. The zero-order chi connectivity index (χ0) is 76.4. The van der Waals surface area contributed by atoms with Gasteiger partial charge >= 0.3 is 18.5 Å². The Morgan fingerprint density at radius 2 is 0.663 bits per heavy atom. The summed E-state index contributed by atoms with van der Waals surface area (Å²) in [6.07, 6.45) is -11.8. The Morgan fingerprint density at radius 1 is 0.375 bits per heavy atom. The van der Waals surface area contributed by atoms with Crippen LogP contribution in [0.25, 0.3) is 0 Å². The van der Waals surface area contributed by atoms with E-state index in [2.05, 4.69) is 57.5 Å². The van der Waals surface area contributed by atoms with Crippen molar-refractivity contribution in [2.24, 2.45) is 0 Å². The van der Waals surface area contributed by atoms with Gasteiger partial charge in [0.05, 0.1) is 67.5 Å². The maximum absolute atomic E-state index is 13.7. The number of carbonyl (C=O) groups is 6. The molecular formula is C73H77ClF9N15O6. The standard InChI is InChI=1S/2C24H24F3N5O2.C14H11ClF3N3O.C10H14N2O.CH4/c2*1-14-11-15(23(34)32(3)4)9-10-18(14)31-21-12-20(17(13-29-21)24(25,26)27)30-19-8-6-5-7-16(19)22(33)28-2;1-19-13(22)8-4-2-3-5-10(8)21-11-6-12(15)20-7-9(11)14(16,17)18;1-7-6-8(4-5-9(7)11)10(13)12(2)3;/h2*5-13H,1-4H3,(H,28,33)(H2,29,30,31);2-7H,1H3,(H,19,22)(H,20,21);4-6H,11H2,1-3H3;1H4. The van der Waals surface area contributed by atoms with E-state index < -0.39 is 52.9 Å². The molecule has 0 aliphatic carbocycles. The number of anilines is 11. The lowest BCUT2D eigenvalue weighted by Gasteiger charge is -2.18. The number of alkyl halides is 9. The molecule has 0 radical (unpaired) electrons. The largest absolute Gasteiger partial charge is 0.419 e. The first-order valence-electron chi connectivity index (χ1n) is 30.7. The van der Waals surface area contributed by atoms with Crippen molar-refractivity contribution in [2.75, 3.05) is 95.7 Å². The van der Waals surface area contributed by atoms with E-state index >= 15 is 0 Å². The summed E-state index contributed by atoms with van der Waals surface area (Å²) in [6.45, 7) is 5.44. The van der Waals surface area contributed by atoms with Gasteiger partial charge in [-0.15, -0.1) is 0 Å². The predicted octanol–water partition coefficient (Wildman–Crippen LogP) is 15.7. The zero-order valence-electron chi connectivity index (χ0n) is 57.6. The lowest BCUT2D eigenvalue weighted by Crippen LogP contribution is -2.21. The van der Waals surface area contributed by atoms with E-state index in [1.54, 1.807) is 152 Å². The van der Waals surface area contributed by atoms with Gasteiger partial charge in [0.2, 0.25) is 0 Å². The molecule has 0 saturated heterocycles. The molecule has 3 heterocycles. The van der Waals surface area contributed by atoms with Crippen molar-refractivity contribution in [1.82, 2.24) is 45.6 Å². The van der Waals surface area contributed by atoms with Crippen LogP contribution < -0.4 is 48.3 Å². The summed E-state index contributed by atoms with van der Waals surface area (Å²) < 4.78 is 121. The molecule has 31 heteroatoms. The van der Waals surface area contributed by atoms with Gasteiger partial charge in [0.15, 0.2) is 0 Å². The molecule has 0 aliphatic heterocycles. The van der Waals surface area contributed by atoms with Crippen LogP contribution >= 0.6 is 11.6 Å². The van der Waals surface area contributed by atoms with Gasteiger partial charge in [0, 0.05) is 128 Å². The van der Waals surface area contributed by atoms with Gasteiger partial charge < -0.3 is 63.0 Å². The minimum absolute atomic E-state index is 0. The summed E-state index contributed by atoms with van der Waals surface area (Å²) in [5, 5.41) is 21.3. The quantitative estimate of drug-likeness (QED) is 0.0247. The molecule has 3 aromatic heterocycles. The van der Waals surface area contributed by atoms with Gasteiger partial charge in [0.1, 0.15) is 16.8 Å². The minimum atomic E-state index is -4.67. The highest BCUT2D eigenvalue weighted by atomic mass is 35.5. The van der Waals surface area contributed by atoms with Crippen LogP contribution in [0.3, 0.4) is 0 Å². The van der Waals surface area contributed by atoms with Crippen LogP contribution in [0.4, 0.5) is 102 Å². The molecule has 10 N–H and O–H groups in total. The fourth-order valence-corrected chi connectivity index (χ4v) is 9.57. The Bertz CT molecular complexity index is 4380. The molecule has 0 spiro atoms. The van der Waals surface area contributed by atoms with Gasteiger partial charge in [0.25, 0.3) is 35.4 Å². The van der Waals surface area contributed by atoms with Crippen molar-refractivity contribution < 1.29 is 68.3 Å². The first-order chi connectivity index (χ1) is 48.4. The molecular weight excluding hydrogens is 1390 g/mol. The van der Waals surface area contributed by atoms with Crippen LogP contribution in [0, 0.1) is 20.8 Å². The molecule has 21 nitrogen and oxygen atoms in total. The van der Waals surface area contributed by atoms with Gasteiger partial charge in [-0.25, -0.2) is 15.0 Å². The number of halogens is 10. The fourth-order valence-electron chi connectivity index (χ4n) is 9.41. The number of hydrogen-bond donors (Lipinski definition) is 9. The molecule has 0 fully saturated rings. The second-order valence-corrected chi connectivity index (χ2v) is 23.4. The number of carbonyl (C=O) groups excluding carboxylic acids is 6. The Morgan fingerprint density at radius 3 is 0.952 bits per heavy atom. The average Bonchev–Trinajstić information content (AvgIpc) is 0.805. The number of nitrogen functional groups attached to an aromatic ring is 1. The molecule has 0 aliphatic rings. The molecule has 0 unspecified atom stereocenters. The second-order valence-electron chi connectivity index (χ2n) is 23.0. The molecule has 0 atom stereocenters. The molecule has 104 heavy (non-hydrogen) atoms. The minimum Gasteiger partial charge on any atom is -0.399 e. The van der Waals surface area contributed by atoms with Crippen molar-refractivity contribution >= 4 is 110 Å². The number of amides is 6. The molecule has 0 bridgehead atoms. The third-order valence-electron chi connectivity index (χ3n) is 14.8. The number of benzene rings is 6. The van der Waals surface area contributed by atoms with E-state index in [1.807, 2.05) is 6.92 Å². The number of aryl methyl sites for hydroxylation is 3. The van der Waals surface area contributed by atoms with Crippen LogP contribution in [0.2, 0.25) is 5.15 Å². The first-order valence-corrected chi connectivity index (χ1v) is 31.1. The third kappa shape index (κ3) is 22.3. The summed E-state index contributed by atoms with van der Waals surface area (Å²) in [7, 11) is 14.4. The van der Waals surface area contributed by atoms with Gasteiger partial charge in [-0.2, -0.15) is 39.5 Å². The van der Waals surface area contributed by atoms with E-state index in [9.17, 15) is 68.3 Å². The monoisotopic (exact) mass is 1470 g/mol. The molecule has 9 aromatic rings. The van der Waals surface area contributed by atoms with E-state index in [0.29, 0.717) is 45.4 Å². The highest BCUT2D eigenvalue weighted by Gasteiger charge is 2.37. The number of nitrogens with one attached hydrogen (secondary N) is 8. The van der Waals surface area contributed by atoms with E-state index in [0.717, 1.165) is 29.7 Å². The predicted molar refractivity (Wildman–Crippen MR) is 387 cm³/mol. The van der Waals surface area contributed by atoms with Crippen LogP contribution in [0.1, 0.15) is 103 Å². The van der Waals surface area contributed by atoms with Gasteiger partial charge in [-0.1, -0.05) is 55.4 Å². The summed E-state index contributed by atoms with van der Waals surface area (Å²) in [6, 6.07) is 37.5. The Hall–Kier alpha value is -12.0. The van der Waals surface area contributed by atoms with Crippen molar-refractivity contribution in [1.29, 1.82) is 0 Å². The zero-order valence-corrected chi connectivity index (χ0v) is 58.3.